The third-order valence-electron chi connectivity index (χ3n) is 12.4. The molecule has 0 aliphatic heterocycles. The quantitative estimate of drug-likeness (QED) is 0.278. The molecular formula is C33H59NOS. The standard InChI is InChI=1S/C33H59NOS/c1-8-26(35)12-11-23(4)27-13-14-28-31-29(16-18-33(27,28)6)32(5)17-15-25(34-19-9-10-22(2)3)20-24(32)21-30(31)36-7/h22-25,27-31,34H,8-21H2,1-7H3/t23-,24-,25?,27-,28?,29?,30?,31?,32+,33-/m1/s1. The maximum absolute atomic E-state index is 12.0. The molecule has 4 rings (SSSR count). The molecule has 0 radical (unpaired) electrons. The summed E-state index contributed by atoms with van der Waals surface area (Å²) in [6, 6.07) is 0.755. The Kier molecular flexibility index (Phi) is 9.67. The zero-order chi connectivity index (χ0) is 26.1. The fourth-order valence-electron chi connectivity index (χ4n) is 10.2. The van der Waals surface area contributed by atoms with Gasteiger partial charge in [-0.05, 0) is 136 Å². The van der Waals surface area contributed by atoms with Crippen LogP contribution in [0.1, 0.15) is 125 Å². The molecule has 0 amide bonds. The number of fused-ring (bicyclic) bond motifs is 5. The lowest BCUT2D eigenvalue weighted by Gasteiger charge is -2.63. The van der Waals surface area contributed by atoms with Crippen LogP contribution in [0.3, 0.4) is 0 Å². The minimum absolute atomic E-state index is 0.462. The molecule has 0 saturated heterocycles. The van der Waals surface area contributed by atoms with Crippen LogP contribution in [0.5, 0.6) is 0 Å². The number of carbonyl (C=O) groups excluding carboxylic acids is 1. The first-order chi connectivity index (χ1) is 17.1. The Hall–Kier alpha value is -0.0200. The normalized spacial score (nSPS) is 43.1. The Labute approximate surface area is 228 Å². The predicted molar refractivity (Wildman–Crippen MR) is 157 cm³/mol. The Morgan fingerprint density at radius 1 is 0.972 bits per heavy atom. The lowest BCUT2D eigenvalue weighted by molar-refractivity contribution is -0.120. The van der Waals surface area contributed by atoms with Crippen molar-refractivity contribution in [3.63, 3.8) is 0 Å². The lowest BCUT2D eigenvalue weighted by Crippen LogP contribution is -2.58. The molecule has 0 spiro atoms. The molecule has 4 aliphatic carbocycles. The van der Waals surface area contributed by atoms with E-state index in [1.807, 2.05) is 6.92 Å². The van der Waals surface area contributed by atoms with Crippen molar-refractivity contribution in [1.29, 1.82) is 0 Å². The zero-order valence-electron chi connectivity index (χ0n) is 24.9. The molecule has 36 heavy (non-hydrogen) atoms. The van der Waals surface area contributed by atoms with Crippen LogP contribution in [-0.4, -0.2) is 29.9 Å². The van der Waals surface area contributed by atoms with Crippen LogP contribution < -0.4 is 5.32 Å². The van der Waals surface area contributed by atoms with Crippen LogP contribution in [0.15, 0.2) is 0 Å². The Morgan fingerprint density at radius 2 is 1.69 bits per heavy atom. The third-order valence-corrected chi connectivity index (χ3v) is 13.5. The predicted octanol–water partition coefficient (Wildman–Crippen LogP) is 8.78. The monoisotopic (exact) mass is 517 g/mol. The minimum atomic E-state index is 0.462. The number of hydrogen-bond donors (Lipinski definition) is 1. The minimum Gasteiger partial charge on any atom is -0.314 e. The molecule has 0 heterocycles. The van der Waals surface area contributed by atoms with Gasteiger partial charge in [0.1, 0.15) is 5.78 Å². The highest BCUT2D eigenvalue weighted by atomic mass is 32.2. The maximum atomic E-state index is 12.0. The summed E-state index contributed by atoms with van der Waals surface area (Å²) in [4.78, 5) is 12.0. The Morgan fingerprint density at radius 3 is 2.39 bits per heavy atom. The SMILES string of the molecule is CCC(=O)CC[C@@H](C)[C@H]1CCC2C3C(SC)C[C@H]4CC(NCCCC(C)C)CC[C@]4(C)C3CC[C@@]21C. The smallest absolute Gasteiger partial charge is 0.132 e. The summed E-state index contributed by atoms with van der Waals surface area (Å²) >= 11 is 2.22. The molecule has 5 unspecified atom stereocenters. The molecule has 4 aliphatic rings. The van der Waals surface area contributed by atoms with Crippen molar-refractivity contribution < 1.29 is 4.79 Å². The van der Waals surface area contributed by atoms with E-state index in [1.165, 1.54) is 70.8 Å². The largest absolute Gasteiger partial charge is 0.314 e. The molecule has 2 nitrogen and oxygen atoms in total. The van der Waals surface area contributed by atoms with E-state index in [9.17, 15) is 4.79 Å². The summed E-state index contributed by atoms with van der Waals surface area (Å²) in [7, 11) is 0. The number of nitrogens with one attached hydrogen (secondary N) is 1. The van der Waals surface area contributed by atoms with Gasteiger partial charge in [-0.15, -0.1) is 0 Å². The van der Waals surface area contributed by atoms with E-state index in [0.29, 0.717) is 29.0 Å². The van der Waals surface area contributed by atoms with Crippen molar-refractivity contribution in [3.8, 4) is 0 Å². The maximum Gasteiger partial charge on any atom is 0.132 e. The summed E-state index contributed by atoms with van der Waals surface area (Å²) in [5.41, 5.74) is 1.06. The van der Waals surface area contributed by atoms with Gasteiger partial charge in [0.15, 0.2) is 0 Å². The van der Waals surface area contributed by atoms with Gasteiger partial charge < -0.3 is 5.32 Å². The number of Topliss-reactive ketones (excluding diaryl/α,β-unsaturated/α-hetero) is 1. The van der Waals surface area contributed by atoms with E-state index in [-0.39, 0.29) is 0 Å². The second-order valence-corrected chi connectivity index (χ2v) is 15.7. The first-order valence-electron chi connectivity index (χ1n) is 15.9. The fraction of sp³-hybridized carbons (Fsp3) is 0.970. The van der Waals surface area contributed by atoms with E-state index in [2.05, 4.69) is 58.0 Å². The number of hydrogen-bond acceptors (Lipinski definition) is 3. The number of carbonyl (C=O) groups is 1. The van der Waals surface area contributed by atoms with E-state index < -0.39 is 0 Å². The zero-order valence-corrected chi connectivity index (χ0v) is 25.7. The number of rotatable bonds is 11. The van der Waals surface area contributed by atoms with Gasteiger partial charge in [-0.3, -0.25) is 4.79 Å². The molecule has 4 saturated carbocycles. The highest BCUT2D eigenvalue weighted by Gasteiger charge is 2.62. The van der Waals surface area contributed by atoms with Crippen molar-refractivity contribution in [2.24, 2.45) is 52.3 Å². The summed E-state index contributed by atoms with van der Waals surface area (Å²) in [6.45, 7) is 15.8. The van der Waals surface area contributed by atoms with Crippen molar-refractivity contribution in [1.82, 2.24) is 5.32 Å². The van der Waals surface area contributed by atoms with Crippen LogP contribution >= 0.6 is 11.8 Å². The van der Waals surface area contributed by atoms with Gasteiger partial charge in [-0.25, -0.2) is 0 Å². The van der Waals surface area contributed by atoms with Crippen LogP contribution in [0, 0.1) is 52.3 Å². The van der Waals surface area contributed by atoms with Gasteiger partial charge in [-0.2, -0.15) is 11.8 Å². The third kappa shape index (κ3) is 5.64. The molecule has 0 aromatic carbocycles. The lowest BCUT2D eigenvalue weighted by atomic mass is 9.44. The summed E-state index contributed by atoms with van der Waals surface area (Å²) < 4.78 is 0. The van der Waals surface area contributed by atoms with Crippen molar-refractivity contribution in [3.05, 3.63) is 0 Å². The van der Waals surface area contributed by atoms with E-state index in [0.717, 1.165) is 59.6 Å². The highest BCUT2D eigenvalue weighted by Crippen LogP contribution is 2.69. The molecule has 10 atom stereocenters. The molecule has 0 aromatic heterocycles. The first kappa shape index (κ1) is 29.0. The topological polar surface area (TPSA) is 29.1 Å². The second kappa shape index (κ2) is 12.0. The summed E-state index contributed by atoms with van der Waals surface area (Å²) in [5, 5.41) is 4.84. The molecule has 208 valence electrons. The Balaban J connectivity index is 1.44. The van der Waals surface area contributed by atoms with Crippen LogP contribution in [0.2, 0.25) is 0 Å². The van der Waals surface area contributed by atoms with Crippen LogP contribution in [-0.2, 0) is 4.79 Å². The van der Waals surface area contributed by atoms with Gasteiger partial charge in [0.25, 0.3) is 0 Å². The molecular weight excluding hydrogens is 458 g/mol. The summed E-state index contributed by atoms with van der Waals surface area (Å²) in [5.74, 6) is 6.49. The second-order valence-electron chi connectivity index (χ2n) is 14.6. The van der Waals surface area contributed by atoms with Crippen LogP contribution in [0.4, 0.5) is 0 Å². The first-order valence-corrected chi connectivity index (χ1v) is 17.2. The van der Waals surface area contributed by atoms with Gasteiger partial charge in [0.05, 0.1) is 0 Å². The van der Waals surface area contributed by atoms with Gasteiger partial charge >= 0.3 is 0 Å². The van der Waals surface area contributed by atoms with E-state index >= 15 is 0 Å². The summed E-state index contributed by atoms with van der Waals surface area (Å²) in [6.07, 6.45) is 19.2. The van der Waals surface area contributed by atoms with Crippen molar-refractivity contribution in [2.45, 2.75) is 136 Å². The van der Waals surface area contributed by atoms with E-state index in [1.54, 1.807) is 0 Å². The van der Waals surface area contributed by atoms with Gasteiger partial charge in [0, 0.05) is 24.1 Å². The van der Waals surface area contributed by atoms with Crippen molar-refractivity contribution in [2.75, 3.05) is 12.8 Å². The average Bonchev–Trinajstić information content (AvgIpc) is 3.21. The molecule has 0 aromatic rings. The molecule has 3 heteroatoms. The highest BCUT2D eigenvalue weighted by molar-refractivity contribution is 7.99. The van der Waals surface area contributed by atoms with Gasteiger partial charge in [0.2, 0.25) is 0 Å². The molecule has 1 N–H and O–H groups in total. The number of ketones is 1. The van der Waals surface area contributed by atoms with Gasteiger partial charge in [-0.1, -0.05) is 41.5 Å². The average molecular weight is 518 g/mol. The number of thioether (sulfide) groups is 1. The van der Waals surface area contributed by atoms with Crippen molar-refractivity contribution >= 4 is 17.5 Å². The molecule has 0 bridgehead atoms. The van der Waals surface area contributed by atoms with E-state index in [4.69, 9.17) is 0 Å². The molecule has 4 fully saturated rings. The fourth-order valence-corrected chi connectivity index (χ4v) is 11.3. The Bertz CT molecular complexity index is 737. The van der Waals surface area contributed by atoms with Crippen LogP contribution in [0.25, 0.3) is 0 Å².